The molecular formula is C19H21N3O3. The molecule has 6 heteroatoms. The first kappa shape index (κ1) is 17.1. The highest BCUT2D eigenvalue weighted by atomic mass is 16.5. The maximum atomic E-state index is 10.5. The average molecular weight is 339 g/mol. The van der Waals surface area contributed by atoms with Crippen molar-refractivity contribution < 1.29 is 14.4 Å². The molecule has 0 saturated carbocycles. The number of benzene rings is 1. The molecule has 1 aromatic carbocycles. The van der Waals surface area contributed by atoms with Gasteiger partial charge in [-0.05, 0) is 31.0 Å². The van der Waals surface area contributed by atoms with E-state index >= 15 is 0 Å². The summed E-state index contributed by atoms with van der Waals surface area (Å²) in [5, 5.41) is 14.4. The fourth-order valence-corrected chi connectivity index (χ4v) is 2.17. The second kappa shape index (κ2) is 7.03. The Morgan fingerprint density at radius 3 is 2.80 bits per heavy atom. The van der Waals surface area contributed by atoms with Crippen molar-refractivity contribution in [3.8, 4) is 17.1 Å². The van der Waals surface area contributed by atoms with Crippen LogP contribution in [0.4, 0.5) is 0 Å². The molecule has 2 heterocycles. The van der Waals surface area contributed by atoms with E-state index in [1.54, 1.807) is 19.3 Å². The van der Waals surface area contributed by atoms with Gasteiger partial charge in [-0.3, -0.25) is 4.98 Å². The number of nitrogens with zero attached hydrogens (tertiary/aromatic N) is 3. The molecule has 0 aliphatic carbocycles. The zero-order valence-electron chi connectivity index (χ0n) is 14.5. The lowest BCUT2D eigenvalue weighted by atomic mass is 9.92. The summed E-state index contributed by atoms with van der Waals surface area (Å²) in [7, 11) is 0. The molecule has 0 saturated heterocycles. The summed E-state index contributed by atoms with van der Waals surface area (Å²) < 4.78 is 11.0. The van der Waals surface area contributed by atoms with E-state index in [4.69, 9.17) is 9.26 Å². The van der Waals surface area contributed by atoms with Crippen LogP contribution in [0.3, 0.4) is 0 Å². The molecular weight excluding hydrogens is 318 g/mol. The van der Waals surface area contributed by atoms with Crippen LogP contribution < -0.4 is 4.74 Å². The third-order valence-electron chi connectivity index (χ3n) is 4.20. The van der Waals surface area contributed by atoms with Crippen LogP contribution in [0, 0.1) is 5.92 Å². The summed E-state index contributed by atoms with van der Waals surface area (Å²) in [6.07, 6.45) is 3.49. The largest absolute Gasteiger partial charge is 0.489 e. The molecule has 0 aliphatic heterocycles. The van der Waals surface area contributed by atoms with Crippen molar-refractivity contribution in [1.29, 1.82) is 0 Å². The Hall–Kier alpha value is -2.73. The molecule has 2 aromatic heterocycles. The smallest absolute Gasteiger partial charge is 0.258 e. The van der Waals surface area contributed by atoms with Crippen molar-refractivity contribution in [3.05, 3.63) is 60.2 Å². The fraction of sp³-hybridized carbons (Fsp3) is 0.316. The number of hydrogen-bond donors (Lipinski definition) is 1. The average Bonchev–Trinajstić information content (AvgIpc) is 3.12. The lowest BCUT2D eigenvalue weighted by Crippen LogP contribution is -2.28. The van der Waals surface area contributed by atoms with Gasteiger partial charge in [0, 0.05) is 23.5 Å². The molecule has 1 N–H and O–H groups in total. The normalized spacial score (nSPS) is 13.6. The molecule has 0 aliphatic rings. The molecule has 3 aromatic rings. The summed E-state index contributed by atoms with van der Waals surface area (Å²) in [5.41, 5.74) is 0.584. The van der Waals surface area contributed by atoms with Gasteiger partial charge < -0.3 is 14.4 Å². The molecule has 0 spiro atoms. The SMILES string of the molecule is CC(C)[C@@](C)(O)c1nc(-c2cccc(OCc3cccnc3)c2)no1. The highest BCUT2D eigenvalue weighted by Gasteiger charge is 2.33. The molecule has 130 valence electrons. The van der Waals surface area contributed by atoms with Crippen LogP contribution >= 0.6 is 0 Å². The lowest BCUT2D eigenvalue weighted by molar-refractivity contribution is -0.0205. The van der Waals surface area contributed by atoms with E-state index in [9.17, 15) is 5.11 Å². The molecule has 25 heavy (non-hydrogen) atoms. The van der Waals surface area contributed by atoms with Crippen molar-refractivity contribution in [2.24, 2.45) is 5.92 Å². The van der Waals surface area contributed by atoms with E-state index in [1.807, 2.05) is 50.2 Å². The third kappa shape index (κ3) is 3.85. The van der Waals surface area contributed by atoms with Crippen molar-refractivity contribution in [3.63, 3.8) is 0 Å². The van der Waals surface area contributed by atoms with E-state index < -0.39 is 5.60 Å². The summed E-state index contributed by atoms with van der Waals surface area (Å²) in [4.78, 5) is 8.41. The Balaban J connectivity index is 1.77. The Kier molecular flexibility index (Phi) is 4.81. The lowest BCUT2D eigenvalue weighted by Gasteiger charge is -2.22. The summed E-state index contributed by atoms with van der Waals surface area (Å²) >= 11 is 0. The predicted molar refractivity (Wildman–Crippen MR) is 92.7 cm³/mol. The minimum absolute atomic E-state index is 0.0463. The van der Waals surface area contributed by atoms with Crippen molar-refractivity contribution in [2.45, 2.75) is 33.0 Å². The first-order valence-electron chi connectivity index (χ1n) is 8.15. The quantitative estimate of drug-likeness (QED) is 0.739. The maximum Gasteiger partial charge on any atom is 0.258 e. The van der Waals surface area contributed by atoms with Crippen LogP contribution in [-0.2, 0) is 12.2 Å². The standard InChI is InChI=1S/C19H21N3O3/c1-13(2)19(3,23)18-21-17(22-25-18)15-7-4-8-16(10-15)24-12-14-6-5-9-20-11-14/h4-11,13,23H,12H2,1-3H3/t19-/m1/s1. The topological polar surface area (TPSA) is 81.3 Å². The molecule has 0 fully saturated rings. The van der Waals surface area contributed by atoms with Gasteiger partial charge in [0.15, 0.2) is 0 Å². The van der Waals surface area contributed by atoms with Gasteiger partial charge >= 0.3 is 0 Å². The molecule has 0 radical (unpaired) electrons. The zero-order chi connectivity index (χ0) is 17.9. The van der Waals surface area contributed by atoms with Crippen LogP contribution in [0.5, 0.6) is 5.75 Å². The second-order valence-corrected chi connectivity index (χ2v) is 6.40. The van der Waals surface area contributed by atoms with Gasteiger partial charge in [-0.25, -0.2) is 0 Å². The van der Waals surface area contributed by atoms with E-state index in [-0.39, 0.29) is 11.8 Å². The van der Waals surface area contributed by atoms with Gasteiger partial charge in [-0.2, -0.15) is 4.98 Å². The van der Waals surface area contributed by atoms with Crippen LogP contribution in [0.2, 0.25) is 0 Å². The van der Waals surface area contributed by atoms with Gasteiger partial charge in [0.2, 0.25) is 5.82 Å². The first-order chi connectivity index (χ1) is 12.0. The van der Waals surface area contributed by atoms with E-state index in [0.717, 1.165) is 11.1 Å². The summed E-state index contributed by atoms with van der Waals surface area (Å²) in [6.45, 7) is 5.90. The van der Waals surface area contributed by atoms with Crippen molar-refractivity contribution >= 4 is 0 Å². The number of rotatable bonds is 6. The summed E-state index contributed by atoms with van der Waals surface area (Å²) in [5.74, 6) is 1.28. The van der Waals surface area contributed by atoms with Gasteiger partial charge in [0.1, 0.15) is 18.0 Å². The van der Waals surface area contributed by atoms with Crippen LogP contribution in [-0.4, -0.2) is 20.2 Å². The highest BCUT2D eigenvalue weighted by molar-refractivity contribution is 5.56. The Morgan fingerprint density at radius 2 is 2.08 bits per heavy atom. The second-order valence-electron chi connectivity index (χ2n) is 6.40. The van der Waals surface area contributed by atoms with Crippen LogP contribution in [0.15, 0.2) is 53.3 Å². The molecule has 0 amide bonds. The Bertz CT molecular complexity index is 829. The predicted octanol–water partition coefficient (Wildman–Crippen LogP) is 3.57. The van der Waals surface area contributed by atoms with Gasteiger partial charge in [0.25, 0.3) is 5.89 Å². The minimum atomic E-state index is -1.17. The Labute approximate surface area is 146 Å². The van der Waals surface area contributed by atoms with E-state index in [2.05, 4.69) is 15.1 Å². The monoisotopic (exact) mass is 339 g/mol. The summed E-state index contributed by atoms with van der Waals surface area (Å²) in [6, 6.07) is 11.3. The highest BCUT2D eigenvalue weighted by Crippen LogP contribution is 2.30. The number of aromatic nitrogens is 3. The maximum absolute atomic E-state index is 10.5. The van der Waals surface area contributed by atoms with E-state index in [0.29, 0.717) is 18.2 Å². The minimum Gasteiger partial charge on any atom is -0.489 e. The molecule has 1 atom stereocenters. The molecule has 6 nitrogen and oxygen atoms in total. The third-order valence-corrected chi connectivity index (χ3v) is 4.20. The number of pyridine rings is 1. The van der Waals surface area contributed by atoms with Crippen molar-refractivity contribution in [1.82, 2.24) is 15.1 Å². The zero-order valence-corrected chi connectivity index (χ0v) is 14.5. The Morgan fingerprint density at radius 1 is 1.24 bits per heavy atom. The molecule has 0 unspecified atom stereocenters. The van der Waals surface area contributed by atoms with Crippen molar-refractivity contribution in [2.75, 3.05) is 0 Å². The molecule has 3 rings (SSSR count). The van der Waals surface area contributed by atoms with Crippen LogP contribution in [0.25, 0.3) is 11.4 Å². The van der Waals surface area contributed by atoms with Gasteiger partial charge in [0.05, 0.1) is 0 Å². The fourth-order valence-electron chi connectivity index (χ4n) is 2.17. The van der Waals surface area contributed by atoms with Gasteiger partial charge in [-0.1, -0.05) is 37.2 Å². The van der Waals surface area contributed by atoms with E-state index in [1.165, 1.54) is 0 Å². The first-order valence-corrected chi connectivity index (χ1v) is 8.15. The van der Waals surface area contributed by atoms with Gasteiger partial charge in [-0.15, -0.1) is 0 Å². The number of aliphatic hydroxyl groups is 1. The van der Waals surface area contributed by atoms with Crippen LogP contribution in [0.1, 0.15) is 32.2 Å². The number of ether oxygens (including phenoxy) is 1. The number of hydrogen-bond acceptors (Lipinski definition) is 6. The molecule has 0 bridgehead atoms.